The SMILES string of the molecule is NC(N)=NC(N)=Nc1cc(-n2cnnn2)ccc1F. The van der Waals surface area contributed by atoms with Crippen LogP contribution in [-0.4, -0.2) is 32.1 Å². The molecule has 2 rings (SSSR count). The Labute approximate surface area is 106 Å². The molecule has 0 aliphatic heterocycles. The first-order chi connectivity index (χ1) is 9.06. The van der Waals surface area contributed by atoms with Crippen LogP contribution in [0.15, 0.2) is 34.5 Å². The topological polar surface area (TPSA) is 146 Å². The maximum Gasteiger partial charge on any atom is 0.223 e. The van der Waals surface area contributed by atoms with Gasteiger partial charge in [-0.3, -0.25) is 0 Å². The average Bonchev–Trinajstić information content (AvgIpc) is 2.84. The first kappa shape index (κ1) is 12.4. The Morgan fingerprint density at radius 3 is 2.68 bits per heavy atom. The smallest absolute Gasteiger partial charge is 0.223 e. The van der Waals surface area contributed by atoms with Crippen molar-refractivity contribution in [2.24, 2.45) is 27.2 Å². The summed E-state index contributed by atoms with van der Waals surface area (Å²) in [5.74, 6) is -1.10. The second-order valence-electron chi connectivity index (χ2n) is 3.40. The number of hydrogen-bond acceptors (Lipinski definition) is 4. The molecule has 0 aliphatic carbocycles. The summed E-state index contributed by atoms with van der Waals surface area (Å²) in [5.41, 5.74) is 16.2. The number of halogens is 1. The van der Waals surface area contributed by atoms with Gasteiger partial charge in [0.25, 0.3) is 0 Å². The van der Waals surface area contributed by atoms with Gasteiger partial charge in [-0.1, -0.05) is 0 Å². The van der Waals surface area contributed by atoms with E-state index in [0.29, 0.717) is 5.69 Å². The molecule has 6 N–H and O–H groups in total. The summed E-state index contributed by atoms with van der Waals surface area (Å²) in [6, 6.07) is 4.10. The highest BCUT2D eigenvalue weighted by Gasteiger charge is 2.06. The van der Waals surface area contributed by atoms with Crippen molar-refractivity contribution < 1.29 is 4.39 Å². The van der Waals surface area contributed by atoms with Gasteiger partial charge >= 0.3 is 0 Å². The van der Waals surface area contributed by atoms with Crippen LogP contribution in [0.1, 0.15) is 0 Å². The number of aromatic nitrogens is 4. The highest BCUT2D eigenvalue weighted by atomic mass is 19.1. The first-order valence-corrected chi connectivity index (χ1v) is 5.03. The minimum Gasteiger partial charge on any atom is -0.370 e. The summed E-state index contributed by atoms with van der Waals surface area (Å²) < 4.78 is 14.9. The molecule has 0 fully saturated rings. The van der Waals surface area contributed by atoms with Gasteiger partial charge in [-0.25, -0.2) is 14.1 Å². The highest BCUT2D eigenvalue weighted by Crippen LogP contribution is 2.21. The van der Waals surface area contributed by atoms with Crippen molar-refractivity contribution >= 4 is 17.6 Å². The zero-order chi connectivity index (χ0) is 13.8. The van der Waals surface area contributed by atoms with Gasteiger partial charge in [0, 0.05) is 0 Å². The fourth-order valence-electron chi connectivity index (χ4n) is 1.29. The predicted molar refractivity (Wildman–Crippen MR) is 66.2 cm³/mol. The fourth-order valence-corrected chi connectivity index (χ4v) is 1.29. The normalized spacial score (nSPS) is 11.3. The number of guanidine groups is 2. The maximum absolute atomic E-state index is 13.6. The van der Waals surface area contributed by atoms with Crippen LogP contribution in [0.3, 0.4) is 0 Å². The number of aliphatic imine (C=N–C) groups is 2. The quantitative estimate of drug-likeness (QED) is 0.468. The molecule has 0 aliphatic rings. The molecule has 0 unspecified atom stereocenters. The monoisotopic (exact) mass is 263 g/mol. The molecular formula is C9H10FN9. The molecule has 98 valence electrons. The van der Waals surface area contributed by atoms with E-state index in [4.69, 9.17) is 17.2 Å². The molecule has 2 aromatic rings. The lowest BCUT2D eigenvalue weighted by molar-refractivity contribution is 0.628. The van der Waals surface area contributed by atoms with Gasteiger partial charge in [0.2, 0.25) is 5.96 Å². The van der Waals surface area contributed by atoms with Gasteiger partial charge < -0.3 is 17.2 Å². The molecule has 19 heavy (non-hydrogen) atoms. The van der Waals surface area contributed by atoms with E-state index in [2.05, 4.69) is 25.5 Å². The molecule has 0 atom stereocenters. The van der Waals surface area contributed by atoms with Crippen molar-refractivity contribution in [2.45, 2.75) is 0 Å². The Kier molecular flexibility index (Phi) is 3.32. The maximum atomic E-state index is 13.6. The molecule has 1 aromatic heterocycles. The molecule has 0 amide bonds. The third-order valence-electron chi connectivity index (χ3n) is 2.02. The summed E-state index contributed by atoms with van der Waals surface area (Å²) in [5, 5.41) is 10.6. The molecule has 10 heteroatoms. The van der Waals surface area contributed by atoms with E-state index in [0.717, 1.165) is 0 Å². The van der Waals surface area contributed by atoms with E-state index in [-0.39, 0.29) is 17.6 Å². The van der Waals surface area contributed by atoms with Crippen molar-refractivity contribution in [2.75, 3.05) is 0 Å². The zero-order valence-corrected chi connectivity index (χ0v) is 9.60. The van der Waals surface area contributed by atoms with E-state index in [9.17, 15) is 4.39 Å². The minimum absolute atomic E-state index is 0.0319. The summed E-state index contributed by atoms with van der Waals surface area (Å²) in [6.45, 7) is 0. The molecule has 9 nitrogen and oxygen atoms in total. The van der Waals surface area contributed by atoms with Crippen LogP contribution in [0.5, 0.6) is 0 Å². The van der Waals surface area contributed by atoms with Crippen LogP contribution < -0.4 is 17.2 Å². The lowest BCUT2D eigenvalue weighted by Crippen LogP contribution is -2.26. The van der Waals surface area contributed by atoms with Gasteiger partial charge in [0.05, 0.1) is 5.69 Å². The van der Waals surface area contributed by atoms with Crippen LogP contribution in [0.25, 0.3) is 5.69 Å². The highest BCUT2D eigenvalue weighted by molar-refractivity contribution is 5.93. The number of tetrazole rings is 1. The van der Waals surface area contributed by atoms with Crippen molar-refractivity contribution in [3.05, 3.63) is 30.3 Å². The summed E-state index contributed by atoms with van der Waals surface area (Å²) in [6.07, 6.45) is 1.36. The van der Waals surface area contributed by atoms with Gasteiger partial charge in [-0.05, 0) is 28.6 Å². The average molecular weight is 263 g/mol. The molecule has 0 saturated heterocycles. The number of hydrogen-bond donors (Lipinski definition) is 3. The third-order valence-corrected chi connectivity index (χ3v) is 2.02. The van der Waals surface area contributed by atoms with E-state index in [1.165, 1.54) is 29.2 Å². The molecule has 1 aromatic carbocycles. The Morgan fingerprint density at radius 2 is 2.05 bits per heavy atom. The van der Waals surface area contributed by atoms with Crippen LogP contribution in [0.4, 0.5) is 10.1 Å². The Morgan fingerprint density at radius 1 is 1.26 bits per heavy atom. The summed E-state index contributed by atoms with van der Waals surface area (Å²) >= 11 is 0. The third kappa shape index (κ3) is 3.00. The van der Waals surface area contributed by atoms with Crippen molar-refractivity contribution in [3.8, 4) is 5.69 Å². The summed E-state index contributed by atoms with van der Waals surface area (Å²) in [7, 11) is 0. The van der Waals surface area contributed by atoms with Crippen molar-refractivity contribution in [1.82, 2.24) is 20.2 Å². The van der Waals surface area contributed by atoms with E-state index < -0.39 is 5.82 Å². The van der Waals surface area contributed by atoms with Gasteiger partial charge in [0.1, 0.15) is 17.8 Å². The molecule has 0 spiro atoms. The number of benzene rings is 1. The molecule has 0 bridgehead atoms. The summed E-state index contributed by atoms with van der Waals surface area (Å²) in [4.78, 5) is 7.25. The molecular weight excluding hydrogens is 253 g/mol. The van der Waals surface area contributed by atoms with E-state index in [1.807, 2.05) is 0 Å². The van der Waals surface area contributed by atoms with E-state index >= 15 is 0 Å². The number of nitrogens with zero attached hydrogens (tertiary/aromatic N) is 6. The fraction of sp³-hybridized carbons (Fsp3) is 0. The largest absolute Gasteiger partial charge is 0.370 e. The number of rotatable bonds is 2. The standard InChI is InChI=1S/C9H10FN9/c10-6-2-1-5(19-4-14-17-18-19)3-7(6)15-9(13)16-8(11)12/h1-4H,(H6,11,12,13,15,16). The Balaban J connectivity index is 2.41. The van der Waals surface area contributed by atoms with Gasteiger partial charge in [-0.15, -0.1) is 5.10 Å². The zero-order valence-electron chi connectivity index (χ0n) is 9.60. The van der Waals surface area contributed by atoms with Crippen LogP contribution >= 0.6 is 0 Å². The molecule has 0 saturated carbocycles. The van der Waals surface area contributed by atoms with Gasteiger partial charge in [-0.2, -0.15) is 4.99 Å². The first-order valence-electron chi connectivity index (χ1n) is 5.03. The predicted octanol–water partition coefficient (Wildman–Crippen LogP) is -0.979. The molecule has 0 radical (unpaired) electrons. The van der Waals surface area contributed by atoms with Crippen molar-refractivity contribution in [1.29, 1.82) is 0 Å². The minimum atomic E-state index is -0.578. The van der Waals surface area contributed by atoms with E-state index in [1.54, 1.807) is 0 Å². The second-order valence-corrected chi connectivity index (χ2v) is 3.40. The lowest BCUT2D eigenvalue weighted by Gasteiger charge is -2.02. The van der Waals surface area contributed by atoms with Crippen LogP contribution in [-0.2, 0) is 0 Å². The number of nitrogens with two attached hydrogens (primary N) is 3. The van der Waals surface area contributed by atoms with Crippen molar-refractivity contribution in [3.63, 3.8) is 0 Å². The van der Waals surface area contributed by atoms with Gasteiger partial charge in [0.15, 0.2) is 5.96 Å². The van der Waals surface area contributed by atoms with Crippen LogP contribution in [0, 0.1) is 5.82 Å². The molecule has 1 heterocycles. The lowest BCUT2D eigenvalue weighted by atomic mass is 10.2. The van der Waals surface area contributed by atoms with Crippen LogP contribution in [0.2, 0.25) is 0 Å². The second kappa shape index (κ2) is 5.08. The Hall–Kier alpha value is -3.04. The Bertz CT molecular complexity index is 627.